The molecule has 0 atom stereocenters. The number of nitrogens with zero attached hydrogens (tertiary/aromatic N) is 1. The highest BCUT2D eigenvalue weighted by Gasteiger charge is 2.16. The van der Waals surface area contributed by atoms with E-state index in [1.54, 1.807) is 4.90 Å². The molecule has 1 heterocycles. The van der Waals surface area contributed by atoms with E-state index in [0.29, 0.717) is 0 Å². The zero-order valence-electron chi connectivity index (χ0n) is 6.46. The summed E-state index contributed by atoms with van der Waals surface area (Å²) in [5.74, 6) is 0. The molecule has 0 saturated carbocycles. The zero-order chi connectivity index (χ0) is 8.55. The highest BCUT2D eigenvalue weighted by molar-refractivity contribution is 9.10. The quantitative estimate of drug-likeness (QED) is 0.670. The van der Waals surface area contributed by atoms with E-state index in [1.807, 2.05) is 6.07 Å². The summed E-state index contributed by atoms with van der Waals surface area (Å²) >= 11 is 3.40. The van der Waals surface area contributed by atoms with Crippen LogP contribution in [0.5, 0.6) is 0 Å². The fourth-order valence-corrected chi connectivity index (χ4v) is 1.87. The van der Waals surface area contributed by atoms with Crippen LogP contribution in [0.3, 0.4) is 0 Å². The third kappa shape index (κ3) is 1.25. The normalized spacial score (nSPS) is 14.6. The first-order chi connectivity index (χ1) is 5.79. The van der Waals surface area contributed by atoms with Gasteiger partial charge in [-0.3, -0.25) is 4.79 Å². The maximum Gasteiger partial charge on any atom is 0.210 e. The molecule has 2 rings (SSSR count). The van der Waals surface area contributed by atoms with Gasteiger partial charge in [0.2, 0.25) is 6.41 Å². The lowest BCUT2D eigenvalue weighted by atomic mass is 10.1. The van der Waals surface area contributed by atoms with Gasteiger partial charge in [-0.05, 0) is 23.3 Å². The number of hydrogen-bond donors (Lipinski definition) is 0. The van der Waals surface area contributed by atoms with E-state index in [0.717, 1.165) is 24.0 Å². The number of rotatable bonds is 1. The molecule has 0 fully saturated rings. The summed E-state index contributed by atoms with van der Waals surface area (Å²) in [6.45, 7) is 1.50. The molecule has 1 aliphatic heterocycles. The number of benzene rings is 1. The maximum absolute atomic E-state index is 10.5. The van der Waals surface area contributed by atoms with E-state index in [2.05, 4.69) is 28.1 Å². The number of fused-ring (bicyclic) bond motifs is 1. The van der Waals surface area contributed by atoms with Gasteiger partial charge in [-0.25, -0.2) is 0 Å². The van der Waals surface area contributed by atoms with Gasteiger partial charge in [0, 0.05) is 17.6 Å². The van der Waals surface area contributed by atoms with E-state index < -0.39 is 0 Å². The smallest absolute Gasteiger partial charge is 0.210 e. The fraction of sp³-hybridized carbons (Fsp3) is 0.222. The lowest BCUT2D eigenvalue weighted by Crippen LogP contribution is -2.12. The zero-order valence-corrected chi connectivity index (χ0v) is 8.04. The standard InChI is InChI=1S/C9H8BrNO/c10-9-2-1-7-4-11(6-12)5-8(7)3-9/h1-3,6H,4-5H2. The van der Waals surface area contributed by atoms with Crippen molar-refractivity contribution in [2.75, 3.05) is 0 Å². The summed E-state index contributed by atoms with van der Waals surface area (Å²) < 4.78 is 1.08. The van der Waals surface area contributed by atoms with Crippen molar-refractivity contribution in [1.82, 2.24) is 4.90 Å². The summed E-state index contributed by atoms with van der Waals surface area (Å²) in [6, 6.07) is 6.13. The number of amides is 1. The Hall–Kier alpha value is -0.830. The van der Waals surface area contributed by atoms with E-state index in [1.165, 1.54) is 11.1 Å². The van der Waals surface area contributed by atoms with Crippen LogP contribution in [0.15, 0.2) is 22.7 Å². The molecule has 0 aromatic heterocycles. The minimum atomic E-state index is 0.748. The highest BCUT2D eigenvalue weighted by Crippen LogP contribution is 2.24. The van der Waals surface area contributed by atoms with Gasteiger partial charge in [0.1, 0.15) is 0 Å². The highest BCUT2D eigenvalue weighted by atomic mass is 79.9. The predicted molar refractivity (Wildman–Crippen MR) is 49.5 cm³/mol. The second-order valence-corrected chi connectivity index (χ2v) is 3.84. The maximum atomic E-state index is 10.5. The van der Waals surface area contributed by atoms with Crippen molar-refractivity contribution in [2.24, 2.45) is 0 Å². The Morgan fingerprint density at radius 1 is 1.33 bits per heavy atom. The monoisotopic (exact) mass is 225 g/mol. The summed E-state index contributed by atoms with van der Waals surface area (Å²) in [6.07, 6.45) is 0.897. The summed E-state index contributed by atoms with van der Waals surface area (Å²) in [4.78, 5) is 12.2. The van der Waals surface area contributed by atoms with Crippen molar-refractivity contribution < 1.29 is 4.79 Å². The van der Waals surface area contributed by atoms with Crippen LogP contribution in [0.2, 0.25) is 0 Å². The molecule has 1 aliphatic rings. The van der Waals surface area contributed by atoms with Gasteiger partial charge < -0.3 is 4.90 Å². The molecule has 2 nitrogen and oxygen atoms in total. The minimum Gasteiger partial charge on any atom is -0.337 e. The molecule has 3 heteroatoms. The Morgan fingerprint density at radius 2 is 2.08 bits per heavy atom. The third-order valence-electron chi connectivity index (χ3n) is 2.06. The lowest BCUT2D eigenvalue weighted by molar-refractivity contribution is -0.118. The first-order valence-corrected chi connectivity index (χ1v) is 4.55. The van der Waals surface area contributed by atoms with Crippen molar-refractivity contribution >= 4 is 22.3 Å². The Bertz CT molecular complexity index is 324. The van der Waals surface area contributed by atoms with E-state index >= 15 is 0 Å². The summed E-state index contributed by atoms with van der Waals surface area (Å²) in [5, 5.41) is 0. The topological polar surface area (TPSA) is 20.3 Å². The van der Waals surface area contributed by atoms with Crippen LogP contribution in [-0.4, -0.2) is 11.3 Å². The third-order valence-corrected chi connectivity index (χ3v) is 2.56. The Morgan fingerprint density at radius 3 is 2.83 bits per heavy atom. The number of carbonyl (C=O) groups is 1. The molecule has 0 aliphatic carbocycles. The van der Waals surface area contributed by atoms with Gasteiger partial charge in [0.25, 0.3) is 0 Å². The molecular weight excluding hydrogens is 218 g/mol. The average molecular weight is 226 g/mol. The van der Waals surface area contributed by atoms with Crippen LogP contribution < -0.4 is 0 Å². The van der Waals surface area contributed by atoms with Crippen LogP contribution in [0, 0.1) is 0 Å². The van der Waals surface area contributed by atoms with Crippen LogP contribution in [0.4, 0.5) is 0 Å². The van der Waals surface area contributed by atoms with Crippen LogP contribution >= 0.6 is 15.9 Å². The average Bonchev–Trinajstić information content (AvgIpc) is 2.46. The summed E-state index contributed by atoms with van der Waals surface area (Å²) in [7, 11) is 0. The molecule has 0 unspecified atom stereocenters. The molecule has 12 heavy (non-hydrogen) atoms. The second kappa shape index (κ2) is 2.90. The van der Waals surface area contributed by atoms with E-state index in [9.17, 15) is 4.79 Å². The molecule has 62 valence electrons. The van der Waals surface area contributed by atoms with Gasteiger partial charge >= 0.3 is 0 Å². The van der Waals surface area contributed by atoms with Crippen molar-refractivity contribution in [2.45, 2.75) is 13.1 Å². The Kier molecular flexibility index (Phi) is 1.89. The second-order valence-electron chi connectivity index (χ2n) is 2.92. The molecular formula is C9H8BrNO. The van der Waals surface area contributed by atoms with Crippen LogP contribution in [0.1, 0.15) is 11.1 Å². The number of carbonyl (C=O) groups excluding carboxylic acids is 1. The largest absolute Gasteiger partial charge is 0.337 e. The minimum absolute atomic E-state index is 0.748. The van der Waals surface area contributed by atoms with Crippen molar-refractivity contribution in [3.8, 4) is 0 Å². The lowest BCUT2D eigenvalue weighted by Gasteiger charge is -2.04. The first kappa shape index (κ1) is 7.80. The molecule has 1 aromatic carbocycles. The Labute approximate surface area is 79.3 Å². The molecule has 1 aromatic rings. The first-order valence-electron chi connectivity index (χ1n) is 3.76. The van der Waals surface area contributed by atoms with Gasteiger partial charge in [-0.1, -0.05) is 22.0 Å². The molecule has 0 radical (unpaired) electrons. The van der Waals surface area contributed by atoms with Gasteiger partial charge in [0.15, 0.2) is 0 Å². The number of halogens is 1. The van der Waals surface area contributed by atoms with Crippen molar-refractivity contribution in [1.29, 1.82) is 0 Å². The predicted octanol–water partition coefficient (Wildman–Crippen LogP) is 1.92. The molecule has 0 bridgehead atoms. The fourth-order valence-electron chi connectivity index (χ4n) is 1.46. The van der Waals surface area contributed by atoms with Gasteiger partial charge in [0.05, 0.1) is 0 Å². The summed E-state index contributed by atoms with van der Waals surface area (Å²) in [5.41, 5.74) is 2.50. The number of hydrogen-bond acceptors (Lipinski definition) is 1. The van der Waals surface area contributed by atoms with Crippen LogP contribution in [-0.2, 0) is 17.9 Å². The molecule has 0 spiro atoms. The molecule has 0 saturated heterocycles. The SMILES string of the molecule is O=CN1Cc2ccc(Br)cc2C1. The molecule has 1 amide bonds. The molecule has 0 N–H and O–H groups in total. The Balaban J connectivity index is 2.35. The van der Waals surface area contributed by atoms with E-state index in [4.69, 9.17) is 0 Å². The van der Waals surface area contributed by atoms with Crippen molar-refractivity contribution in [3.05, 3.63) is 33.8 Å². The van der Waals surface area contributed by atoms with Crippen LogP contribution in [0.25, 0.3) is 0 Å². The van der Waals surface area contributed by atoms with Gasteiger partial charge in [-0.15, -0.1) is 0 Å². The van der Waals surface area contributed by atoms with E-state index in [-0.39, 0.29) is 0 Å². The van der Waals surface area contributed by atoms with Crippen molar-refractivity contribution in [3.63, 3.8) is 0 Å². The van der Waals surface area contributed by atoms with Gasteiger partial charge in [-0.2, -0.15) is 0 Å².